The molecule has 0 fully saturated rings. The molecule has 1 atom stereocenters. The highest BCUT2D eigenvalue weighted by Gasteiger charge is 2.32. The summed E-state index contributed by atoms with van der Waals surface area (Å²) in [6.45, 7) is 1.21. The number of carbonyl (C=O) groups is 2. The Bertz CT molecular complexity index is 1160. The van der Waals surface area contributed by atoms with E-state index in [0.29, 0.717) is 17.7 Å². The maximum atomic E-state index is 13.5. The van der Waals surface area contributed by atoms with Crippen LogP contribution >= 0.6 is 34.8 Å². The van der Waals surface area contributed by atoms with E-state index in [1.807, 2.05) is 0 Å². The smallest absolute Gasteiger partial charge is 0.244 e. The van der Waals surface area contributed by atoms with Crippen molar-refractivity contribution < 1.29 is 22.7 Å². The number of benzene rings is 2. The van der Waals surface area contributed by atoms with Gasteiger partial charge in [-0.15, -0.1) is 0 Å². The first kappa shape index (κ1) is 28.0. The number of methoxy groups -OCH3 is 1. The van der Waals surface area contributed by atoms with Crippen LogP contribution < -0.4 is 14.4 Å². The first-order valence-electron chi connectivity index (χ1n) is 10.2. The van der Waals surface area contributed by atoms with Gasteiger partial charge in [-0.25, -0.2) is 8.42 Å². The lowest BCUT2D eigenvalue weighted by molar-refractivity contribution is -0.140. The normalized spacial score (nSPS) is 12.1. The zero-order valence-electron chi connectivity index (χ0n) is 19.1. The Morgan fingerprint density at radius 2 is 1.74 bits per heavy atom. The van der Waals surface area contributed by atoms with Gasteiger partial charge in [0.15, 0.2) is 0 Å². The van der Waals surface area contributed by atoms with Crippen molar-refractivity contribution in [1.82, 2.24) is 10.2 Å². The second-order valence-corrected chi connectivity index (χ2v) is 10.5. The number of nitrogens with one attached hydrogen (secondary N) is 1. The summed E-state index contributed by atoms with van der Waals surface area (Å²) in [4.78, 5) is 27.4. The number of hydrogen-bond acceptors (Lipinski definition) is 5. The number of halogens is 3. The summed E-state index contributed by atoms with van der Waals surface area (Å²) in [7, 11) is -0.971. The van der Waals surface area contributed by atoms with Crippen LogP contribution in [0.2, 0.25) is 15.1 Å². The second kappa shape index (κ2) is 12.0. The number of hydrogen-bond donors (Lipinski definition) is 1. The van der Waals surface area contributed by atoms with Gasteiger partial charge in [-0.2, -0.15) is 0 Å². The molecule has 2 aromatic carbocycles. The van der Waals surface area contributed by atoms with E-state index in [1.165, 1.54) is 31.2 Å². The largest absolute Gasteiger partial charge is 0.497 e. The fourth-order valence-corrected chi connectivity index (χ4v) is 4.90. The molecule has 0 aromatic heterocycles. The van der Waals surface area contributed by atoms with Crippen molar-refractivity contribution in [2.24, 2.45) is 0 Å². The standard InChI is InChI=1S/C22H26Cl3N3O5S/c1-5-19(22(30)26-2)27(12-14-7-6-8-15(9-14)33-3)21(29)13-28(34(4,31)32)20-11-17(24)16(23)10-18(20)25/h6-11,19H,5,12-13H2,1-4H3,(H,26,30)/t19-/m1/s1. The van der Waals surface area contributed by atoms with E-state index in [-0.39, 0.29) is 33.2 Å². The Hall–Kier alpha value is -2.20. The minimum absolute atomic E-state index is 0.00115. The van der Waals surface area contributed by atoms with Crippen LogP contribution in [0.5, 0.6) is 5.75 Å². The highest BCUT2D eigenvalue weighted by Crippen LogP contribution is 2.35. The number of amides is 2. The summed E-state index contributed by atoms with van der Waals surface area (Å²) in [5, 5.41) is 2.78. The van der Waals surface area contributed by atoms with Gasteiger partial charge in [-0.1, -0.05) is 53.9 Å². The molecule has 8 nitrogen and oxygen atoms in total. The third kappa shape index (κ3) is 6.91. The Labute approximate surface area is 214 Å². The van der Waals surface area contributed by atoms with Crippen molar-refractivity contribution in [2.45, 2.75) is 25.9 Å². The maximum absolute atomic E-state index is 13.5. The summed E-state index contributed by atoms with van der Waals surface area (Å²) in [5.74, 6) is -0.402. The lowest BCUT2D eigenvalue weighted by Gasteiger charge is -2.32. The van der Waals surface area contributed by atoms with Crippen LogP contribution in [-0.4, -0.2) is 58.1 Å². The van der Waals surface area contributed by atoms with Crippen molar-refractivity contribution >= 4 is 62.3 Å². The van der Waals surface area contributed by atoms with Crippen LogP contribution in [0.15, 0.2) is 36.4 Å². The van der Waals surface area contributed by atoms with Crippen molar-refractivity contribution in [3.05, 3.63) is 57.0 Å². The average molecular weight is 551 g/mol. The van der Waals surface area contributed by atoms with E-state index < -0.39 is 28.5 Å². The third-order valence-corrected chi connectivity index (χ3v) is 7.21. The number of carbonyl (C=O) groups excluding carboxylic acids is 2. The van der Waals surface area contributed by atoms with Gasteiger partial charge in [-0.05, 0) is 36.2 Å². The second-order valence-electron chi connectivity index (χ2n) is 7.40. The molecule has 0 unspecified atom stereocenters. The van der Waals surface area contributed by atoms with Gasteiger partial charge in [0.2, 0.25) is 21.8 Å². The molecular formula is C22H26Cl3N3O5S. The molecule has 2 aromatic rings. The molecule has 0 bridgehead atoms. The van der Waals surface area contributed by atoms with Crippen LogP contribution in [0.25, 0.3) is 0 Å². The Kier molecular flexibility index (Phi) is 9.87. The summed E-state index contributed by atoms with van der Waals surface area (Å²) in [6, 6.07) is 8.78. The van der Waals surface area contributed by atoms with Gasteiger partial charge < -0.3 is 15.0 Å². The number of nitrogens with zero attached hydrogens (tertiary/aromatic N) is 2. The topological polar surface area (TPSA) is 96.0 Å². The van der Waals surface area contributed by atoms with Crippen LogP contribution in [0.4, 0.5) is 5.69 Å². The predicted octanol–water partition coefficient (Wildman–Crippen LogP) is 3.97. The van der Waals surface area contributed by atoms with Crippen LogP contribution in [0.3, 0.4) is 0 Å². The molecule has 2 rings (SSSR count). The molecule has 0 radical (unpaired) electrons. The molecule has 0 heterocycles. The fraction of sp³-hybridized carbons (Fsp3) is 0.364. The molecular weight excluding hydrogens is 525 g/mol. The fourth-order valence-electron chi connectivity index (χ4n) is 3.35. The van der Waals surface area contributed by atoms with Gasteiger partial charge in [0, 0.05) is 13.6 Å². The molecule has 12 heteroatoms. The molecule has 2 amide bonds. The Balaban J connectivity index is 2.50. The summed E-state index contributed by atoms with van der Waals surface area (Å²) >= 11 is 18.3. The van der Waals surface area contributed by atoms with E-state index >= 15 is 0 Å². The maximum Gasteiger partial charge on any atom is 0.244 e. The molecule has 0 aliphatic heterocycles. The van der Waals surface area contributed by atoms with E-state index in [1.54, 1.807) is 31.2 Å². The summed E-state index contributed by atoms with van der Waals surface area (Å²) < 4.78 is 31.4. The van der Waals surface area contributed by atoms with Gasteiger partial charge in [0.1, 0.15) is 18.3 Å². The minimum Gasteiger partial charge on any atom is -0.497 e. The van der Waals surface area contributed by atoms with Crippen LogP contribution in [0, 0.1) is 0 Å². The molecule has 34 heavy (non-hydrogen) atoms. The average Bonchev–Trinajstić information content (AvgIpc) is 2.78. The van der Waals surface area contributed by atoms with Gasteiger partial charge in [-0.3, -0.25) is 13.9 Å². The lowest BCUT2D eigenvalue weighted by Crippen LogP contribution is -2.51. The number of rotatable bonds is 10. The monoisotopic (exact) mass is 549 g/mol. The van der Waals surface area contributed by atoms with E-state index in [2.05, 4.69) is 5.32 Å². The summed E-state index contributed by atoms with van der Waals surface area (Å²) in [6.07, 6.45) is 1.25. The van der Waals surface area contributed by atoms with Gasteiger partial charge >= 0.3 is 0 Å². The number of anilines is 1. The molecule has 0 saturated carbocycles. The summed E-state index contributed by atoms with van der Waals surface area (Å²) in [5.41, 5.74) is 0.703. The van der Waals surface area contributed by atoms with E-state index in [0.717, 1.165) is 10.6 Å². The highest BCUT2D eigenvalue weighted by molar-refractivity contribution is 7.92. The highest BCUT2D eigenvalue weighted by atomic mass is 35.5. The van der Waals surface area contributed by atoms with Crippen molar-refractivity contribution in [3.63, 3.8) is 0 Å². The molecule has 0 aliphatic rings. The quantitative estimate of drug-likeness (QED) is 0.452. The van der Waals surface area contributed by atoms with Gasteiger partial charge in [0.25, 0.3) is 0 Å². The zero-order chi connectivity index (χ0) is 25.6. The molecule has 0 aliphatic carbocycles. The lowest BCUT2D eigenvalue weighted by atomic mass is 10.1. The Morgan fingerprint density at radius 1 is 1.09 bits per heavy atom. The van der Waals surface area contributed by atoms with Crippen molar-refractivity contribution in [3.8, 4) is 5.75 Å². The third-order valence-electron chi connectivity index (χ3n) is 5.06. The molecule has 1 N–H and O–H groups in total. The first-order chi connectivity index (χ1) is 15.9. The zero-order valence-corrected chi connectivity index (χ0v) is 22.2. The number of ether oxygens (including phenoxy) is 1. The van der Waals surface area contributed by atoms with Gasteiger partial charge in [0.05, 0.1) is 34.1 Å². The van der Waals surface area contributed by atoms with Crippen molar-refractivity contribution in [2.75, 3.05) is 31.3 Å². The predicted molar refractivity (Wildman–Crippen MR) is 135 cm³/mol. The molecule has 0 saturated heterocycles. The first-order valence-corrected chi connectivity index (χ1v) is 13.2. The van der Waals surface area contributed by atoms with Crippen molar-refractivity contribution in [1.29, 1.82) is 0 Å². The SMILES string of the molecule is CC[C@H](C(=O)NC)N(Cc1cccc(OC)c1)C(=O)CN(c1cc(Cl)c(Cl)cc1Cl)S(C)(=O)=O. The van der Waals surface area contributed by atoms with Crippen LogP contribution in [0.1, 0.15) is 18.9 Å². The molecule has 186 valence electrons. The van der Waals surface area contributed by atoms with E-state index in [4.69, 9.17) is 39.5 Å². The van der Waals surface area contributed by atoms with E-state index in [9.17, 15) is 18.0 Å². The minimum atomic E-state index is -3.96. The number of sulfonamides is 1. The molecule has 0 spiro atoms. The van der Waals surface area contributed by atoms with Crippen LogP contribution in [-0.2, 0) is 26.2 Å². The number of likely N-dealkylation sites (N-methyl/N-ethyl adjacent to an activating group) is 1. The Morgan fingerprint density at radius 3 is 2.29 bits per heavy atom.